The van der Waals surface area contributed by atoms with Crippen molar-refractivity contribution in [2.45, 2.75) is 30.0 Å². The van der Waals surface area contributed by atoms with Crippen LogP contribution in [0, 0.1) is 11.6 Å². The Hall–Kier alpha value is -1.48. The van der Waals surface area contributed by atoms with Crippen LogP contribution in [0.4, 0.5) is 14.6 Å². The van der Waals surface area contributed by atoms with Gasteiger partial charge in [0.15, 0.2) is 16.8 Å². The number of thioether (sulfide) groups is 1. The molecule has 130 valence electrons. The van der Waals surface area contributed by atoms with Gasteiger partial charge in [0.25, 0.3) is 0 Å². The number of hydrogen-bond donors (Lipinski definition) is 3. The molecule has 0 saturated heterocycles. The van der Waals surface area contributed by atoms with Gasteiger partial charge in [-0.15, -0.1) is 0 Å². The van der Waals surface area contributed by atoms with Crippen molar-refractivity contribution < 1.29 is 19.0 Å². The van der Waals surface area contributed by atoms with Crippen molar-refractivity contribution in [3.63, 3.8) is 0 Å². The number of anilines is 1. The molecule has 0 amide bonds. The van der Waals surface area contributed by atoms with Crippen molar-refractivity contribution in [3.8, 4) is 0 Å². The Morgan fingerprint density at radius 2 is 2.08 bits per heavy atom. The van der Waals surface area contributed by atoms with Gasteiger partial charge in [0.2, 0.25) is 0 Å². The molecule has 0 saturated carbocycles. The summed E-state index contributed by atoms with van der Waals surface area (Å²) in [6.45, 7) is 1.28. The average molecular weight is 376 g/mol. The summed E-state index contributed by atoms with van der Waals surface area (Å²) >= 11 is 7.04. The Labute approximate surface area is 147 Å². The fourth-order valence-corrected chi connectivity index (χ4v) is 2.89. The number of nitrogens with zero attached hydrogens (tertiary/aromatic N) is 2. The predicted molar refractivity (Wildman–Crippen MR) is 89.1 cm³/mol. The summed E-state index contributed by atoms with van der Waals surface area (Å²) in [5.41, 5.74) is 0.196. The molecule has 0 aliphatic rings. The van der Waals surface area contributed by atoms with E-state index in [0.29, 0.717) is 5.82 Å². The minimum Gasteiger partial charge on any atom is -0.394 e. The summed E-state index contributed by atoms with van der Waals surface area (Å²) in [5, 5.41) is 21.8. The van der Waals surface area contributed by atoms with E-state index in [1.165, 1.54) is 18.2 Å². The molecule has 0 aliphatic carbocycles. The molecule has 0 radical (unpaired) electrons. The molecular formula is C15H16ClF2N3O2S. The average Bonchev–Trinajstić information content (AvgIpc) is 2.55. The second-order valence-corrected chi connectivity index (χ2v) is 6.37. The molecule has 0 fully saturated rings. The van der Waals surface area contributed by atoms with Crippen molar-refractivity contribution in [3.05, 3.63) is 46.6 Å². The van der Waals surface area contributed by atoms with Gasteiger partial charge in [0, 0.05) is 17.4 Å². The number of halogens is 3. The lowest BCUT2D eigenvalue weighted by Gasteiger charge is -2.19. The van der Waals surface area contributed by atoms with Crippen LogP contribution in [0.5, 0.6) is 0 Å². The largest absolute Gasteiger partial charge is 0.394 e. The summed E-state index contributed by atoms with van der Waals surface area (Å²) in [6.07, 6.45) is -0.962. The van der Waals surface area contributed by atoms with E-state index in [2.05, 4.69) is 15.3 Å². The summed E-state index contributed by atoms with van der Waals surface area (Å²) in [4.78, 5) is 8.23. The Balaban J connectivity index is 2.09. The third kappa shape index (κ3) is 5.01. The smallest absolute Gasteiger partial charge is 0.191 e. The van der Waals surface area contributed by atoms with Gasteiger partial charge in [-0.3, -0.25) is 0 Å². The zero-order valence-electron chi connectivity index (χ0n) is 12.7. The van der Waals surface area contributed by atoms with Crippen LogP contribution in [0.1, 0.15) is 12.5 Å². The fraction of sp³-hybridized carbons (Fsp3) is 0.333. The van der Waals surface area contributed by atoms with Gasteiger partial charge in [-0.2, -0.15) is 0 Å². The molecule has 1 aromatic heterocycles. The van der Waals surface area contributed by atoms with E-state index < -0.39 is 30.4 Å². The molecule has 3 N–H and O–H groups in total. The van der Waals surface area contributed by atoms with Gasteiger partial charge in [-0.05, 0) is 13.0 Å². The number of hydrogen-bond acceptors (Lipinski definition) is 6. The van der Waals surface area contributed by atoms with Crippen LogP contribution in [-0.2, 0) is 5.75 Å². The summed E-state index contributed by atoms with van der Waals surface area (Å²) in [7, 11) is 0. The highest BCUT2D eigenvalue weighted by Crippen LogP contribution is 2.25. The molecular weight excluding hydrogens is 360 g/mol. The maximum Gasteiger partial charge on any atom is 0.191 e. The van der Waals surface area contributed by atoms with Crippen molar-refractivity contribution in [1.29, 1.82) is 0 Å². The molecule has 1 heterocycles. The summed E-state index contributed by atoms with van der Waals surface area (Å²) in [6, 6.07) is 4.97. The SMILES string of the molecule is CC(Nc1cc(Cl)nc(SCc2cccc(F)c2F)n1)C(O)CO. The van der Waals surface area contributed by atoms with Crippen LogP contribution in [-0.4, -0.2) is 38.9 Å². The molecule has 24 heavy (non-hydrogen) atoms. The number of rotatable bonds is 7. The third-order valence-electron chi connectivity index (χ3n) is 3.20. The Morgan fingerprint density at radius 3 is 2.79 bits per heavy atom. The van der Waals surface area contributed by atoms with E-state index in [4.69, 9.17) is 16.7 Å². The Morgan fingerprint density at radius 1 is 1.33 bits per heavy atom. The number of aliphatic hydroxyl groups is 2. The van der Waals surface area contributed by atoms with Crippen LogP contribution >= 0.6 is 23.4 Å². The van der Waals surface area contributed by atoms with Crippen LogP contribution in [0.25, 0.3) is 0 Å². The molecule has 0 aliphatic heterocycles. The summed E-state index contributed by atoms with van der Waals surface area (Å²) in [5.74, 6) is -1.31. The molecule has 2 atom stereocenters. The minimum absolute atomic E-state index is 0.137. The molecule has 5 nitrogen and oxygen atoms in total. The minimum atomic E-state index is -0.962. The predicted octanol–water partition coefficient (Wildman–Crippen LogP) is 2.85. The van der Waals surface area contributed by atoms with Crippen LogP contribution in [0.15, 0.2) is 29.4 Å². The second kappa shape index (κ2) is 8.57. The van der Waals surface area contributed by atoms with Crippen molar-refractivity contribution in [1.82, 2.24) is 9.97 Å². The normalized spacial score (nSPS) is 13.6. The highest BCUT2D eigenvalue weighted by atomic mass is 35.5. The molecule has 2 unspecified atom stereocenters. The standard InChI is InChI=1S/C15H16ClF2N3O2S/c1-8(11(23)6-22)19-13-5-12(16)20-15(21-13)24-7-9-3-2-4-10(17)14(9)18/h2-5,8,11,22-23H,6-7H2,1H3,(H,19,20,21). The van der Waals surface area contributed by atoms with Gasteiger partial charge in [-0.1, -0.05) is 35.5 Å². The maximum absolute atomic E-state index is 13.6. The topological polar surface area (TPSA) is 78.3 Å². The number of benzene rings is 1. The molecule has 9 heteroatoms. The third-order valence-corrected chi connectivity index (χ3v) is 4.29. The van der Waals surface area contributed by atoms with Crippen molar-refractivity contribution in [2.24, 2.45) is 0 Å². The first kappa shape index (κ1) is 18.9. The van der Waals surface area contributed by atoms with Gasteiger partial charge >= 0.3 is 0 Å². The first-order valence-corrected chi connectivity index (χ1v) is 8.42. The Kier molecular flexibility index (Phi) is 6.73. The molecule has 1 aromatic carbocycles. The monoisotopic (exact) mass is 375 g/mol. The zero-order chi connectivity index (χ0) is 17.7. The maximum atomic E-state index is 13.6. The van der Waals surface area contributed by atoms with Gasteiger partial charge in [0.05, 0.1) is 18.8 Å². The lowest BCUT2D eigenvalue weighted by atomic mass is 10.2. The lowest BCUT2D eigenvalue weighted by molar-refractivity contribution is 0.0837. The lowest BCUT2D eigenvalue weighted by Crippen LogP contribution is -2.33. The van der Waals surface area contributed by atoms with Crippen LogP contribution in [0.3, 0.4) is 0 Å². The van der Waals surface area contributed by atoms with Crippen LogP contribution < -0.4 is 5.32 Å². The second-order valence-electron chi connectivity index (χ2n) is 5.04. The van der Waals surface area contributed by atoms with E-state index in [9.17, 15) is 13.9 Å². The van der Waals surface area contributed by atoms with Crippen molar-refractivity contribution in [2.75, 3.05) is 11.9 Å². The van der Waals surface area contributed by atoms with E-state index in [-0.39, 0.29) is 21.6 Å². The first-order chi connectivity index (χ1) is 11.4. The number of nitrogens with one attached hydrogen (secondary N) is 1. The van der Waals surface area contributed by atoms with E-state index in [0.717, 1.165) is 17.8 Å². The van der Waals surface area contributed by atoms with Crippen molar-refractivity contribution >= 4 is 29.2 Å². The Bertz CT molecular complexity index is 708. The zero-order valence-corrected chi connectivity index (χ0v) is 14.3. The van der Waals surface area contributed by atoms with E-state index >= 15 is 0 Å². The van der Waals surface area contributed by atoms with E-state index in [1.54, 1.807) is 6.92 Å². The number of aromatic nitrogens is 2. The first-order valence-electron chi connectivity index (χ1n) is 7.06. The molecule has 2 rings (SSSR count). The van der Waals surface area contributed by atoms with Crippen LogP contribution in [0.2, 0.25) is 5.15 Å². The fourth-order valence-electron chi connectivity index (χ4n) is 1.83. The quantitative estimate of drug-likeness (QED) is 0.392. The highest BCUT2D eigenvalue weighted by Gasteiger charge is 2.15. The van der Waals surface area contributed by atoms with Gasteiger partial charge in [-0.25, -0.2) is 18.7 Å². The van der Waals surface area contributed by atoms with Gasteiger partial charge < -0.3 is 15.5 Å². The van der Waals surface area contributed by atoms with Gasteiger partial charge in [0.1, 0.15) is 11.0 Å². The molecule has 0 spiro atoms. The molecule has 0 bridgehead atoms. The van der Waals surface area contributed by atoms with E-state index in [1.807, 2.05) is 0 Å². The molecule has 2 aromatic rings. The summed E-state index contributed by atoms with van der Waals surface area (Å²) < 4.78 is 26.8. The highest BCUT2D eigenvalue weighted by molar-refractivity contribution is 7.98. The number of aliphatic hydroxyl groups excluding tert-OH is 2.